The third-order valence-electron chi connectivity index (χ3n) is 2.96. The maximum atomic E-state index is 13.5. The van der Waals surface area contributed by atoms with E-state index in [1.807, 2.05) is 0 Å². The smallest absolute Gasteiger partial charge is 0.203 e. The van der Waals surface area contributed by atoms with Gasteiger partial charge in [0.05, 0.1) is 33.2 Å². The normalized spacial score (nSPS) is 10.5. The van der Waals surface area contributed by atoms with E-state index in [1.54, 1.807) is 30.3 Å². The summed E-state index contributed by atoms with van der Waals surface area (Å²) < 4.78 is 29.2. The molecule has 0 amide bonds. The van der Waals surface area contributed by atoms with E-state index in [-0.39, 0.29) is 5.82 Å². The van der Waals surface area contributed by atoms with Gasteiger partial charge in [0.1, 0.15) is 5.82 Å². The lowest BCUT2D eigenvalue weighted by Crippen LogP contribution is -1.98. The molecule has 5 nitrogen and oxygen atoms in total. The van der Waals surface area contributed by atoms with Crippen molar-refractivity contribution in [3.63, 3.8) is 0 Å². The van der Waals surface area contributed by atoms with Crippen LogP contribution >= 0.6 is 0 Å². The molecule has 0 unspecified atom stereocenters. The van der Waals surface area contributed by atoms with Crippen LogP contribution in [0.15, 0.2) is 41.5 Å². The second-order valence-electron chi connectivity index (χ2n) is 4.31. The first kappa shape index (κ1) is 15.6. The fourth-order valence-corrected chi connectivity index (χ4v) is 1.90. The van der Waals surface area contributed by atoms with Crippen molar-refractivity contribution in [1.82, 2.24) is 0 Å². The van der Waals surface area contributed by atoms with Gasteiger partial charge in [-0.05, 0) is 24.3 Å². The average Bonchev–Trinajstić information content (AvgIpc) is 2.55. The van der Waals surface area contributed by atoms with Crippen LogP contribution < -0.4 is 19.6 Å². The molecule has 2 aromatic carbocycles. The average molecular weight is 304 g/mol. The number of anilines is 1. The van der Waals surface area contributed by atoms with Crippen molar-refractivity contribution >= 4 is 11.9 Å². The minimum atomic E-state index is -0.371. The maximum absolute atomic E-state index is 13.5. The minimum Gasteiger partial charge on any atom is -0.493 e. The zero-order valence-electron chi connectivity index (χ0n) is 12.6. The van der Waals surface area contributed by atoms with Gasteiger partial charge in [0.25, 0.3) is 0 Å². The van der Waals surface area contributed by atoms with Crippen molar-refractivity contribution in [2.75, 3.05) is 26.8 Å². The highest BCUT2D eigenvalue weighted by molar-refractivity contribution is 5.83. The quantitative estimate of drug-likeness (QED) is 0.657. The van der Waals surface area contributed by atoms with E-state index in [0.29, 0.717) is 22.9 Å². The van der Waals surface area contributed by atoms with Crippen LogP contribution in [0.3, 0.4) is 0 Å². The van der Waals surface area contributed by atoms with Crippen LogP contribution in [0.2, 0.25) is 0 Å². The Morgan fingerprint density at radius 2 is 1.64 bits per heavy atom. The number of hydrazone groups is 1. The third-order valence-corrected chi connectivity index (χ3v) is 2.96. The monoisotopic (exact) mass is 304 g/mol. The molecule has 0 heterocycles. The van der Waals surface area contributed by atoms with Gasteiger partial charge in [-0.2, -0.15) is 5.10 Å². The van der Waals surface area contributed by atoms with Gasteiger partial charge in [0.2, 0.25) is 5.75 Å². The van der Waals surface area contributed by atoms with Crippen molar-refractivity contribution < 1.29 is 18.6 Å². The van der Waals surface area contributed by atoms with Gasteiger partial charge in [-0.25, -0.2) is 4.39 Å². The van der Waals surface area contributed by atoms with E-state index in [4.69, 9.17) is 14.2 Å². The second-order valence-corrected chi connectivity index (χ2v) is 4.31. The number of hydrogen-bond acceptors (Lipinski definition) is 5. The Labute approximate surface area is 128 Å². The number of para-hydroxylation sites is 1. The Bertz CT molecular complexity index is 649. The largest absolute Gasteiger partial charge is 0.493 e. The van der Waals surface area contributed by atoms with Gasteiger partial charge >= 0.3 is 0 Å². The molecule has 2 aromatic rings. The van der Waals surface area contributed by atoms with Gasteiger partial charge in [-0.15, -0.1) is 0 Å². The van der Waals surface area contributed by atoms with Crippen LogP contribution in [0.25, 0.3) is 0 Å². The summed E-state index contributed by atoms with van der Waals surface area (Å²) >= 11 is 0. The fourth-order valence-electron chi connectivity index (χ4n) is 1.90. The summed E-state index contributed by atoms with van der Waals surface area (Å²) in [7, 11) is 4.61. The van der Waals surface area contributed by atoms with E-state index in [9.17, 15) is 4.39 Å². The van der Waals surface area contributed by atoms with Crippen molar-refractivity contribution in [3.8, 4) is 17.2 Å². The molecular weight excluding hydrogens is 287 g/mol. The first-order valence-corrected chi connectivity index (χ1v) is 6.53. The third kappa shape index (κ3) is 3.46. The Balaban J connectivity index is 2.22. The summed E-state index contributed by atoms with van der Waals surface area (Å²) in [5, 5.41) is 4.01. The van der Waals surface area contributed by atoms with Crippen molar-refractivity contribution in [2.45, 2.75) is 0 Å². The molecule has 0 spiro atoms. The molecule has 2 rings (SSSR count). The number of benzene rings is 2. The van der Waals surface area contributed by atoms with Crippen molar-refractivity contribution in [1.29, 1.82) is 0 Å². The molecule has 0 aliphatic carbocycles. The lowest BCUT2D eigenvalue weighted by atomic mass is 10.2. The molecule has 0 radical (unpaired) electrons. The highest BCUT2D eigenvalue weighted by atomic mass is 19.1. The molecule has 0 aliphatic heterocycles. The standard InChI is InChI=1S/C16H17FN2O3/c1-20-14-8-11(9-15(21-2)16(14)22-3)10-18-19-13-7-5-4-6-12(13)17/h4-10,19H,1-3H3/b18-10+. The summed E-state index contributed by atoms with van der Waals surface area (Å²) in [6.45, 7) is 0. The molecule has 0 saturated carbocycles. The zero-order valence-corrected chi connectivity index (χ0v) is 12.6. The molecule has 0 saturated heterocycles. The number of methoxy groups -OCH3 is 3. The van der Waals surface area contributed by atoms with Crippen LogP contribution in [-0.2, 0) is 0 Å². The van der Waals surface area contributed by atoms with Gasteiger partial charge in [0.15, 0.2) is 11.5 Å². The molecule has 0 aliphatic rings. The predicted molar refractivity (Wildman–Crippen MR) is 83.7 cm³/mol. The van der Waals surface area contributed by atoms with E-state index >= 15 is 0 Å². The highest BCUT2D eigenvalue weighted by Gasteiger charge is 2.12. The number of hydrogen-bond donors (Lipinski definition) is 1. The summed E-state index contributed by atoms with van der Waals surface area (Å²) in [6.07, 6.45) is 1.54. The number of rotatable bonds is 6. The Hall–Kier alpha value is -2.76. The molecular formula is C16H17FN2O3. The van der Waals surface area contributed by atoms with Gasteiger partial charge in [-0.1, -0.05) is 12.1 Å². The number of nitrogens with one attached hydrogen (secondary N) is 1. The molecule has 116 valence electrons. The first-order chi connectivity index (χ1) is 10.7. The maximum Gasteiger partial charge on any atom is 0.203 e. The Morgan fingerprint density at radius 3 is 2.18 bits per heavy atom. The van der Waals surface area contributed by atoms with Crippen LogP contribution in [0.5, 0.6) is 17.2 Å². The lowest BCUT2D eigenvalue weighted by molar-refractivity contribution is 0.324. The van der Waals surface area contributed by atoms with Crippen molar-refractivity contribution in [3.05, 3.63) is 47.8 Å². The zero-order chi connectivity index (χ0) is 15.9. The molecule has 1 N–H and O–H groups in total. The van der Waals surface area contributed by atoms with Gasteiger partial charge in [-0.3, -0.25) is 5.43 Å². The van der Waals surface area contributed by atoms with Crippen LogP contribution in [0, 0.1) is 5.82 Å². The van der Waals surface area contributed by atoms with Crippen LogP contribution in [0.4, 0.5) is 10.1 Å². The van der Waals surface area contributed by atoms with Crippen molar-refractivity contribution in [2.24, 2.45) is 5.10 Å². The molecule has 0 bridgehead atoms. The number of nitrogens with zero attached hydrogens (tertiary/aromatic N) is 1. The minimum absolute atomic E-state index is 0.297. The van der Waals surface area contributed by atoms with Crippen LogP contribution in [0.1, 0.15) is 5.56 Å². The summed E-state index contributed by atoms with van der Waals surface area (Å²) in [6, 6.07) is 9.78. The van der Waals surface area contributed by atoms with Gasteiger partial charge < -0.3 is 14.2 Å². The van der Waals surface area contributed by atoms with E-state index in [2.05, 4.69) is 10.5 Å². The Kier molecular flexibility index (Phi) is 5.19. The summed E-state index contributed by atoms with van der Waals surface area (Å²) in [5.74, 6) is 1.18. The highest BCUT2D eigenvalue weighted by Crippen LogP contribution is 2.37. The second kappa shape index (κ2) is 7.31. The first-order valence-electron chi connectivity index (χ1n) is 6.53. The van der Waals surface area contributed by atoms with E-state index in [0.717, 1.165) is 5.56 Å². The number of halogens is 1. The summed E-state index contributed by atoms with van der Waals surface area (Å²) in [4.78, 5) is 0. The molecule has 0 fully saturated rings. The van der Waals surface area contributed by atoms with Gasteiger partial charge in [0, 0.05) is 5.56 Å². The van der Waals surface area contributed by atoms with Crippen LogP contribution in [-0.4, -0.2) is 27.5 Å². The molecule has 22 heavy (non-hydrogen) atoms. The SMILES string of the molecule is COc1cc(/C=N/Nc2ccccc2F)cc(OC)c1OC. The fraction of sp³-hybridized carbons (Fsp3) is 0.188. The summed E-state index contributed by atoms with van der Waals surface area (Å²) in [5.41, 5.74) is 3.66. The topological polar surface area (TPSA) is 52.1 Å². The molecule has 6 heteroatoms. The molecule has 0 atom stereocenters. The predicted octanol–water partition coefficient (Wildman–Crippen LogP) is 3.30. The van der Waals surface area contributed by atoms with E-state index < -0.39 is 0 Å². The number of ether oxygens (including phenoxy) is 3. The Morgan fingerprint density at radius 1 is 1.00 bits per heavy atom. The van der Waals surface area contributed by atoms with E-state index in [1.165, 1.54) is 33.6 Å². The molecule has 0 aromatic heterocycles. The lowest BCUT2D eigenvalue weighted by Gasteiger charge is -2.12.